The number of guanidine groups is 1. The molecule has 10 N–H and O–H groups in total. The van der Waals surface area contributed by atoms with Crippen LogP contribution in [0.4, 0.5) is 8.78 Å². The van der Waals surface area contributed by atoms with E-state index < -0.39 is 66.2 Å². The molecule has 0 saturated carbocycles. The summed E-state index contributed by atoms with van der Waals surface area (Å²) in [6, 6.07) is -2.30. The zero-order valence-corrected chi connectivity index (χ0v) is 13.0. The number of ketones is 1. The Balaban J connectivity index is 3.63. The summed E-state index contributed by atoms with van der Waals surface area (Å²) in [6.45, 7) is -0.254. The van der Waals surface area contributed by atoms with Gasteiger partial charge in [0, 0.05) is 0 Å². The fraction of sp³-hybridized carbons (Fsp3) is 0.750. The number of carboxylic acid groups (broad SMARTS) is 1. The van der Waals surface area contributed by atoms with Crippen molar-refractivity contribution in [3.05, 3.63) is 0 Å². The first-order chi connectivity index (χ1) is 11.3. The second-order valence-corrected chi connectivity index (χ2v) is 5.62. The van der Waals surface area contributed by atoms with Crippen LogP contribution in [0.2, 0.25) is 0 Å². The van der Waals surface area contributed by atoms with Crippen molar-refractivity contribution in [3.63, 3.8) is 0 Å². The second-order valence-electron chi connectivity index (χ2n) is 5.62. The molecule has 1 rings (SSSR count). The number of hydrogen-bond donors (Lipinski definition) is 7. The summed E-state index contributed by atoms with van der Waals surface area (Å²) < 4.78 is 33.6. The van der Waals surface area contributed by atoms with Gasteiger partial charge in [-0.1, -0.05) is 0 Å². The fourth-order valence-corrected chi connectivity index (χ4v) is 2.53. The lowest BCUT2D eigenvalue weighted by Crippen LogP contribution is -2.79. The molecule has 1 fully saturated rings. The van der Waals surface area contributed by atoms with Crippen molar-refractivity contribution in [2.75, 3.05) is 6.61 Å². The van der Waals surface area contributed by atoms with Gasteiger partial charge in [0.05, 0.1) is 6.61 Å². The van der Waals surface area contributed by atoms with Gasteiger partial charge in [0.1, 0.15) is 29.9 Å². The van der Waals surface area contributed by atoms with Crippen molar-refractivity contribution in [3.8, 4) is 0 Å². The van der Waals surface area contributed by atoms with Gasteiger partial charge in [0.15, 0.2) is 17.9 Å². The minimum Gasteiger partial charge on any atom is -0.477 e. The number of nitrogens with two attached hydrogens (primary N) is 3. The summed E-state index contributed by atoms with van der Waals surface area (Å²) in [5.41, 5.74) is 13.4. The minimum atomic E-state index is -4.08. The standard InChI is InChI=1S/C12H20F2N4O7/c1-3(20)11(17)7(18-10(15)16)6(13)12(14,9(23)24)25-8(11)5(22)4(21)2-19/h4-8,19,21-22H,2,17H2,1H3,(H,23,24)(H4,15,16,18)/t4-,5-,6?,7?,8?,11?,12?/m1/s1. The number of rotatable bonds is 6. The number of aliphatic hydroxyl groups is 3. The summed E-state index contributed by atoms with van der Waals surface area (Å²) in [5.74, 6) is -8.44. The van der Waals surface area contributed by atoms with E-state index in [2.05, 4.69) is 9.73 Å². The Hall–Kier alpha value is -1.93. The number of ether oxygens (including phenoxy) is 1. The van der Waals surface area contributed by atoms with Crippen LogP contribution in [-0.2, 0) is 14.3 Å². The number of halogens is 2. The lowest BCUT2D eigenvalue weighted by atomic mass is 9.73. The van der Waals surface area contributed by atoms with E-state index in [-0.39, 0.29) is 0 Å². The predicted octanol–water partition coefficient (Wildman–Crippen LogP) is -3.88. The highest BCUT2D eigenvalue weighted by atomic mass is 19.2. The van der Waals surface area contributed by atoms with Crippen molar-refractivity contribution in [1.29, 1.82) is 0 Å². The molecule has 0 aromatic carbocycles. The van der Waals surface area contributed by atoms with E-state index in [0.29, 0.717) is 0 Å². The molecule has 25 heavy (non-hydrogen) atoms. The van der Waals surface area contributed by atoms with E-state index in [0.717, 1.165) is 6.92 Å². The Morgan fingerprint density at radius 3 is 2.24 bits per heavy atom. The number of Topliss-reactive ketones (excluding diaryl/α,β-unsaturated/α-hetero) is 1. The van der Waals surface area contributed by atoms with Crippen LogP contribution in [0.1, 0.15) is 6.92 Å². The molecule has 7 atom stereocenters. The van der Waals surface area contributed by atoms with Crippen molar-refractivity contribution < 1.29 is 43.5 Å². The maximum absolute atomic E-state index is 14.6. The van der Waals surface area contributed by atoms with Crippen LogP contribution in [0.15, 0.2) is 4.99 Å². The van der Waals surface area contributed by atoms with Crippen molar-refractivity contribution in [1.82, 2.24) is 0 Å². The van der Waals surface area contributed by atoms with Crippen LogP contribution in [-0.4, -0.2) is 86.7 Å². The van der Waals surface area contributed by atoms with Crippen LogP contribution in [0.5, 0.6) is 0 Å². The number of aliphatic hydroxyl groups excluding tert-OH is 3. The smallest absolute Gasteiger partial charge is 0.372 e. The molecule has 1 heterocycles. The van der Waals surface area contributed by atoms with Gasteiger partial charge in [-0.2, -0.15) is 4.39 Å². The normalized spacial score (nSPS) is 37.8. The van der Waals surface area contributed by atoms with E-state index in [4.69, 9.17) is 27.4 Å². The Bertz CT molecular complexity index is 576. The number of carbonyl (C=O) groups is 2. The van der Waals surface area contributed by atoms with E-state index in [9.17, 15) is 28.6 Å². The minimum absolute atomic E-state index is 0.822. The van der Waals surface area contributed by atoms with Crippen LogP contribution >= 0.6 is 0 Å². The van der Waals surface area contributed by atoms with Gasteiger partial charge in [-0.05, 0) is 6.92 Å². The molecule has 0 aliphatic carbocycles. The summed E-state index contributed by atoms with van der Waals surface area (Å²) in [6.07, 6.45) is -9.71. The highest BCUT2D eigenvalue weighted by molar-refractivity contribution is 5.90. The highest BCUT2D eigenvalue weighted by Gasteiger charge is 2.69. The number of nitrogens with zero attached hydrogens (tertiary/aromatic N) is 1. The summed E-state index contributed by atoms with van der Waals surface area (Å²) >= 11 is 0. The molecule has 0 aromatic heterocycles. The molecule has 1 saturated heterocycles. The third-order valence-electron chi connectivity index (χ3n) is 3.97. The number of hydrogen-bond acceptors (Lipinski definition) is 8. The molecular weight excluding hydrogens is 350 g/mol. The summed E-state index contributed by atoms with van der Waals surface area (Å²) in [4.78, 5) is 26.5. The Morgan fingerprint density at radius 2 is 1.88 bits per heavy atom. The Labute approximate surface area is 140 Å². The largest absolute Gasteiger partial charge is 0.477 e. The molecule has 13 heteroatoms. The highest BCUT2D eigenvalue weighted by Crippen LogP contribution is 2.41. The number of carbonyl (C=O) groups excluding carboxylic acids is 1. The first-order valence-electron chi connectivity index (χ1n) is 6.93. The number of carboxylic acids is 1. The molecule has 0 bridgehead atoms. The third-order valence-corrected chi connectivity index (χ3v) is 3.97. The van der Waals surface area contributed by atoms with Gasteiger partial charge < -0.3 is 42.4 Å². The second kappa shape index (κ2) is 7.13. The van der Waals surface area contributed by atoms with Crippen LogP contribution in [0.3, 0.4) is 0 Å². The maximum atomic E-state index is 14.6. The summed E-state index contributed by atoms with van der Waals surface area (Å²) in [7, 11) is 0. The van der Waals surface area contributed by atoms with E-state index in [1.54, 1.807) is 0 Å². The van der Waals surface area contributed by atoms with Crippen LogP contribution in [0.25, 0.3) is 0 Å². The SMILES string of the molecule is CC(=O)C1(N)C(N=C(N)N)C(F)C(F)(C(=O)O)OC1[C@H](O)[C@H](O)CO. The fourth-order valence-electron chi connectivity index (χ4n) is 2.53. The lowest BCUT2D eigenvalue weighted by molar-refractivity contribution is -0.284. The van der Waals surface area contributed by atoms with Gasteiger partial charge in [-0.25, -0.2) is 14.2 Å². The maximum Gasteiger partial charge on any atom is 0.372 e. The van der Waals surface area contributed by atoms with E-state index >= 15 is 0 Å². The van der Waals surface area contributed by atoms with Crippen molar-refractivity contribution >= 4 is 17.7 Å². The van der Waals surface area contributed by atoms with Gasteiger partial charge in [0.2, 0.25) is 0 Å². The van der Waals surface area contributed by atoms with Gasteiger partial charge in [-0.3, -0.25) is 4.79 Å². The first kappa shape index (κ1) is 21.1. The first-order valence-corrected chi connectivity index (χ1v) is 6.93. The van der Waals surface area contributed by atoms with Crippen LogP contribution in [0, 0.1) is 0 Å². The topological polar surface area (TPSA) is 215 Å². The third kappa shape index (κ3) is 3.41. The monoisotopic (exact) mass is 370 g/mol. The molecule has 0 spiro atoms. The molecule has 0 radical (unpaired) electrons. The molecule has 0 aromatic rings. The zero-order chi connectivity index (χ0) is 19.7. The Kier molecular flexibility index (Phi) is 6.02. The molecule has 144 valence electrons. The average Bonchev–Trinajstić information content (AvgIpc) is 2.52. The molecule has 5 unspecified atom stereocenters. The Morgan fingerprint density at radius 1 is 1.36 bits per heavy atom. The van der Waals surface area contributed by atoms with E-state index in [1.165, 1.54) is 0 Å². The predicted molar refractivity (Wildman–Crippen MR) is 77.5 cm³/mol. The molecule has 1 aliphatic rings. The molecule has 11 nitrogen and oxygen atoms in total. The molecule has 1 aliphatic heterocycles. The van der Waals surface area contributed by atoms with Gasteiger partial charge in [-0.15, -0.1) is 0 Å². The molecular formula is C12H20F2N4O7. The lowest BCUT2D eigenvalue weighted by Gasteiger charge is -2.50. The number of alkyl halides is 2. The van der Waals surface area contributed by atoms with Crippen molar-refractivity contribution in [2.45, 2.75) is 48.8 Å². The van der Waals surface area contributed by atoms with Crippen LogP contribution < -0.4 is 17.2 Å². The molecule has 0 amide bonds. The van der Waals surface area contributed by atoms with Crippen molar-refractivity contribution in [2.24, 2.45) is 22.2 Å². The van der Waals surface area contributed by atoms with Gasteiger partial charge >= 0.3 is 11.8 Å². The number of aliphatic carboxylic acids is 1. The van der Waals surface area contributed by atoms with E-state index in [1.807, 2.05) is 0 Å². The number of aliphatic imine (C=N–C) groups is 1. The average molecular weight is 370 g/mol. The zero-order valence-electron chi connectivity index (χ0n) is 13.0. The van der Waals surface area contributed by atoms with Gasteiger partial charge in [0.25, 0.3) is 0 Å². The quantitative estimate of drug-likeness (QED) is 0.178. The summed E-state index contributed by atoms with van der Waals surface area (Å²) in [5, 5.41) is 37.4.